The summed E-state index contributed by atoms with van der Waals surface area (Å²) in [6, 6.07) is 27.4. The Morgan fingerprint density at radius 1 is 0.688 bits per heavy atom. The molecule has 1 aliphatic rings. The van der Waals surface area contributed by atoms with Crippen LogP contribution >= 0.6 is 11.3 Å². The lowest BCUT2D eigenvalue weighted by molar-refractivity contribution is -0.929. The lowest BCUT2D eigenvalue weighted by Gasteiger charge is -2.46. The summed E-state index contributed by atoms with van der Waals surface area (Å²) in [4.78, 5) is 31.8. The number of anilines is 1. The summed E-state index contributed by atoms with van der Waals surface area (Å²) in [6.45, 7) is 7.91. The number of nitrogens with zero attached hydrogens (tertiary/aromatic N) is 2. The third-order valence-electron chi connectivity index (χ3n) is 9.49. The van der Waals surface area contributed by atoms with Gasteiger partial charge in [-0.3, -0.25) is 9.59 Å². The maximum atomic E-state index is 11.7. The number of piperazine rings is 1. The number of aromatic amines is 2. The van der Waals surface area contributed by atoms with Crippen molar-refractivity contribution < 1.29 is 26.4 Å². The smallest absolute Gasteiger partial charge is 0.248 e. The highest BCUT2D eigenvalue weighted by molar-refractivity contribution is 7.17. The van der Waals surface area contributed by atoms with Crippen LogP contribution in [-0.4, -0.2) is 66.9 Å². The quantitative estimate of drug-likeness (QED) is 0.142. The number of ether oxygens (including phenoxy) is 2. The van der Waals surface area contributed by atoms with Gasteiger partial charge in [-0.25, -0.2) is 0 Å². The fraction of sp³-hybridized carbons (Fsp3) is 0.316. The van der Waals surface area contributed by atoms with Crippen LogP contribution in [0, 0.1) is 0 Å². The van der Waals surface area contributed by atoms with Crippen LogP contribution in [0.25, 0.3) is 31.9 Å². The Kier molecular flexibility index (Phi) is 10.7. The van der Waals surface area contributed by atoms with Crippen LogP contribution in [-0.2, 0) is 0 Å². The number of pyridine rings is 2. The number of nitrogens with one attached hydrogen (secondary N) is 2. The summed E-state index contributed by atoms with van der Waals surface area (Å²) in [5, 5.41) is 5.55. The Morgan fingerprint density at radius 3 is 1.83 bits per heavy atom. The van der Waals surface area contributed by atoms with Gasteiger partial charge < -0.3 is 41.2 Å². The number of H-pyrrole nitrogens is 2. The standard InChI is InChI=1S/C38H40N4O4S.ClH/c43-37-14-10-28-8-12-30(26-33(28)39-37)45-23-3-1-19-42(21-17-41(18-22-42)35-6-5-7-36-32(35)16-25-47-36)20-2-4-24-46-31-13-9-29-11-15-38(44)40-34(29)27-31;/h5-16,25-27H,1-4,17-24H2,(H-,39,40,43,44);1H. The fourth-order valence-corrected chi connectivity index (χ4v) is 7.67. The molecule has 250 valence electrons. The zero-order valence-corrected chi connectivity index (χ0v) is 28.5. The van der Waals surface area contributed by atoms with E-state index in [2.05, 4.69) is 44.5 Å². The molecule has 1 saturated heterocycles. The van der Waals surface area contributed by atoms with E-state index in [1.807, 2.05) is 59.9 Å². The van der Waals surface area contributed by atoms with Gasteiger partial charge >= 0.3 is 0 Å². The normalized spacial score (nSPS) is 14.3. The Labute approximate surface area is 289 Å². The number of halogens is 1. The van der Waals surface area contributed by atoms with Crippen molar-refractivity contribution in [1.82, 2.24) is 9.97 Å². The third-order valence-corrected chi connectivity index (χ3v) is 10.4. The Morgan fingerprint density at radius 2 is 1.25 bits per heavy atom. The predicted octanol–water partition coefficient (Wildman–Crippen LogP) is 3.94. The molecule has 0 unspecified atom stereocenters. The maximum Gasteiger partial charge on any atom is 0.248 e. The largest absolute Gasteiger partial charge is 1.00 e. The zero-order chi connectivity index (χ0) is 32.1. The predicted molar refractivity (Wildman–Crippen MR) is 192 cm³/mol. The molecule has 3 aromatic heterocycles. The number of quaternary nitrogens is 1. The van der Waals surface area contributed by atoms with Gasteiger partial charge in [0, 0.05) is 40.0 Å². The second-order valence-corrected chi connectivity index (χ2v) is 13.5. The first kappa shape index (κ1) is 33.6. The van der Waals surface area contributed by atoms with Gasteiger partial charge in [-0.2, -0.15) is 0 Å². The highest BCUT2D eigenvalue weighted by Crippen LogP contribution is 2.32. The minimum Gasteiger partial charge on any atom is -1.00 e. The summed E-state index contributed by atoms with van der Waals surface area (Å²) >= 11 is 1.81. The molecule has 6 aromatic rings. The van der Waals surface area contributed by atoms with Crippen molar-refractivity contribution in [1.29, 1.82) is 0 Å². The number of thiophene rings is 1. The number of hydrogen-bond acceptors (Lipinski definition) is 6. The number of rotatable bonds is 13. The molecule has 0 spiro atoms. The van der Waals surface area contributed by atoms with Gasteiger partial charge in [-0.1, -0.05) is 6.07 Å². The topological polar surface area (TPSA) is 87.4 Å². The van der Waals surface area contributed by atoms with Gasteiger partial charge in [-0.15, -0.1) is 11.3 Å². The first-order valence-electron chi connectivity index (χ1n) is 16.6. The second kappa shape index (κ2) is 15.3. The van der Waals surface area contributed by atoms with Crippen molar-refractivity contribution in [3.05, 3.63) is 111 Å². The number of unbranched alkanes of at least 4 members (excludes halogenated alkanes) is 2. The average molecular weight is 685 g/mol. The molecule has 8 nitrogen and oxygen atoms in total. The van der Waals surface area contributed by atoms with Crippen LogP contribution in [0.15, 0.2) is 99.9 Å². The van der Waals surface area contributed by atoms with E-state index in [9.17, 15) is 9.59 Å². The highest BCUT2D eigenvalue weighted by Gasteiger charge is 2.32. The molecule has 48 heavy (non-hydrogen) atoms. The van der Waals surface area contributed by atoms with Crippen LogP contribution in [0.4, 0.5) is 5.69 Å². The molecule has 2 N–H and O–H groups in total. The van der Waals surface area contributed by atoms with E-state index in [-0.39, 0.29) is 23.5 Å². The van der Waals surface area contributed by atoms with Crippen molar-refractivity contribution in [2.45, 2.75) is 25.7 Å². The summed E-state index contributed by atoms with van der Waals surface area (Å²) in [5.74, 6) is 1.58. The summed E-state index contributed by atoms with van der Waals surface area (Å²) < 4.78 is 14.7. The van der Waals surface area contributed by atoms with Crippen molar-refractivity contribution in [3.8, 4) is 11.5 Å². The molecule has 4 heterocycles. The number of aromatic nitrogens is 2. The molecule has 1 aliphatic heterocycles. The van der Waals surface area contributed by atoms with Crippen molar-refractivity contribution in [3.63, 3.8) is 0 Å². The van der Waals surface area contributed by atoms with Crippen LogP contribution in [0.5, 0.6) is 11.5 Å². The third kappa shape index (κ3) is 7.86. The molecule has 0 atom stereocenters. The molecule has 10 heteroatoms. The van der Waals surface area contributed by atoms with E-state index < -0.39 is 0 Å². The first-order valence-corrected chi connectivity index (χ1v) is 17.5. The average Bonchev–Trinajstić information content (AvgIpc) is 3.58. The summed E-state index contributed by atoms with van der Waals surface area (Å²) in [7, 11) is 0. The Bertz CT molecular complexity index is 2000. The van der Waals surface area contributed by atoms with Gasteiger partial charge in [0.25, 0.3) is 0 Å². The molecule has 0 radical (unpaired) electrons. The molecule has 0 amide bonds. The lowest BCUT2D eigenvalue weighted by atomic mass is 10.1. The minimum atomic E-state index is -0.103. The van der Waals surface area contributed by atoms with Gasteiger partial charge in [0.15, 0.2) is 0 Å². The molecule has 1 fully saturated rings. The zero-order valence-electron chi connectivity index (χ0n) is 27.0. The van der Waals surface area contributed by atoms with Crippen molar-refractivity contribution in [2.24, 2.45) is 0 Å². The molecule has 3 aromatic carbocycles. The molecule has 0 bridgehead atoms. The molecule has 0 saturated carbocycles. The van der Waals surface area contributed by atoms with Crippen molar-refractivity contribution >= 4 is 48.9 Å². The first-order chi connectivity index (χ1) is 23.0. The van der Waals surface area contributed by atoms with E-state index in [4.69, 9.17) is 9.47 Å². The molecular formula is C38H41ClN4O4S. The Balaban J connectivity index is 0.00000401. The van der Waals surface area contributed by atoms with Crippen LogP contribution in [0.3, 0.4) is 0 Å². The van der Waals surface area contributed by atoms with E-state index in [1.165, 1.54) is 15.8 Å². The monoisotopic (exact) mass is 684 g/mol. The van der Waals surface area contributed by atoms with Gasteiger partial charge in [0.2, 0.25) is 11.1 Å². The minimum absolute atomic E-state index is 0. The maximum absolute atomic E-state index is 11.7. The SMILES string of the molecule is O=c1ccc2ccc(OCCCC[N+]3(CCCCOc4ccc5ccc(=O)[nH]c5c4)CCN(c4cccc5sccc45)CC3)cc2[nH]1.[Cl-]. The van der Waals surface area contributed by atoms with Gasteiger partial charge in [-0.05, 0) is 96.4 Å². The number of benzene rings is 3. The van der Waals surface area contributed by atoms with E-state index in [0.29, 0.717) is 13.2 Å². The summed E-state index contributed by atoms with van der Waals surface area (Å²) in [5.41, 5.74) is 2.75. The molecule has 0 aliphatic carbocycles. The van der Waals surface area contributed by atoms with Crippen LogP contribution < -0.4 is 37.9 Å². The number of fused-ring (bicyclic) bond motifs is 3. The van der Waals surface area contributed by atoms with E-state index >= 15 is 0 Å². The van der Waals surface area contributed by atoms with Gasteiger partial charge in [0.1, 0.15) is 11.5 Å². The van der Waals surface area contributed by atoms with E-state index in [0.717, 1.165) is 103 Å². The van der Waals surface area contributed by atoms with Crippen LogP contribution in [0.1, 0.15) is 25.7 Å². The van der Waals surface area contributed by atoms with Gasteiger partial charge in [0.05, 0.1) is 63.5 Å². The Hall–Kier alpha value is -4.31. The molecule has 7 rings (SSSR count). The van der Waals surface area contributed by atoms with E-state index in [1.54, 1.807) is 12.1 Å². The summed E-state index contributed by atoms with van der Waals surface area (Å²) in [6.07, 6.45) is 4.15. The van der Waals surface area contributed by atoms with Crippen molar-refractivity contribution in [2.75, 3.05) is 57.4 Å². The lowest BCUT2D eigenvalue weighted by Crippen LogP contribution is -3.00. The fourth-order valence-electron chi connectivity index (χ4n) is 6.86. The number of hydrogen-bond donors (Lipinski definition) is 2. The highest BCUT2D eigenvalue weighted by atomic mass is 35.5. The second-order valence-electron chi connectivity index (χ2n) is 12.6. The molecular weight excluding hydrogens is 644 g/mol. The van der Waals surface area contributed by atoms with Crippen LogP contribution in [0.2, 0.25) is 0 Å².